The Hall–Kier alpha value is -3.38. The van der Waals surface area contributed by atoms with Gasteiger partial charge in [0.2, 0.25) is 0 Å². The number of sulfonamides is 1. The molecule has 0 unspecified atom stereocenters. The van der Waals surface area contributed by atoms with Crippen molar-refractivity contribution in [3.63, 3.8) is 0 Å². The Morgan fingerprint density at radius 2 is 1.69 bits per heavy atom. The molecule has 0 aliphatic carbocycles. The Morgan fingerprint density at radius 1 is 1.03 bits per heavy atom. The number of hydrogen-bond donors (Lipinski definition) is 1. The molecule has 3 rings (SSSR count). The van der Waals surface area contributed by atoms with Gasteiger partial charge >= 0.3 is 0 Å². The molecule has 0 aliphatic heterocycles. The van der Waals surface area contributed by atoms with Gasteiger partial charge in [0.15, 0.2) is 0 Å². The molecule has 0 radical (unpaired) electrons. The molecule has 1 N–H and O–H groups in total. The Labute approximate surface area is 190 Å². The predicted molar refractivity (Wildman–Crippen MR) is 129 cm³/mol. The summed E-state index contributed by atoms with van der Waals surface area (Å²) in [7, 11) is -3.75. The van der Waals surface area contributed by atoms with Crippen molar-refractivity contribution >= 4 is 21.6 Å². The molecular weight excluding hydrogens is 420 g/mol. The molecule has 0 saturated heterocycles. The van der Waals surface area contributed by atoms with Gasteiger partial charge in [-0.1, -0.05) is 48.0 Å². The van der Waals surface area contributed by atoms with Crippen LogP contribution in [0.1, 0.15) is 40.0 Å². The van der Waals surface area contributed by atoms with Gasteiger partial charge in [0, 0.05) is 5.56 Å². The molecule has 1 atom stereocenters. The van der Waals surface area contributed by atoms with Gasteiger partial charge in [-0.2, -0.15) is 0 Å². The van der Waals surface area contributed by atoms with Gasteiger partial charge < -0.3 is 5.32 Å². The molecule has 3 aromatic carbocycles. The fraction of sp³-hybridized carbons (Fsp3) is 0.192. The highest BCUT2D eigenvalue weighted by atomic mass is 32.2. The molecule has 3 aromatic rings. The lowest BCUT2D eigenvalue weighted by molar-refractivity contribution is 0.0940. The minimum absolute atomic E-state index is 0.117. The molecule has 0 heterocycles. The van der Waals surface area contributed by atoms with Crippen LogP contribution in [-0.4, -0.2) is 20.9 Å². The van der Waals surface area contributed by atoms with Crippen LogP contribution in [0.25, 0.3) is 0 Å². The van der Waals surface area contributed by atoms with Crippen molar-refractivity contribution in [1.29, 1.82) is 0 Å². The number of nitrogens with one attached hydrogen (secondary N) is 1. The Morgan fingerprint density at radius 3 is 2.31 bits per heavy atom. The van der Waals surface area contributed by atoms with E-state index in [0.717, 1.165) is 16.7 Å². The number of anilines is 1. The van der Waals surface area contributed by atoms with E-state index in [1.54, 1.807) is 54.6 Å². The highest BCUT2D eigenvalue weighted by molar-refractivity contribution is 7.92. The summed E-state index contributed by atoms with van der Waals surface area (Å²) in [5.74, 6) is -0.217. The Bertz CT molecular complexity index is 1200. The van der Waals surface area contributed by atoms with E-state index >= 15 is 0 Å². The largest absolute Gasteiger partial charge is 0.346 e. The number of aryl methyl sites for hydroxylation is 2. The monoisotopic (exact) mass is 448 g/mol. The van der Waals surface area contributed by atoms with Crippen LogP contribution in [0.4, 0.5) is 5.69 Å². The third kappa shape index (κ3) is 5.08. The predicted octanol–water partition coefficient (Wildman–Crippen LogP) is 5.18. The van der Waals surface area contributed by atoms with Crippen LogP contribution >= 0.6 is 0 Å². The first-order chi connectivity index (χ1) is 15.2. The minimum Gasteiger partial charge on any atom is -0.346 e. The number of carbonyl (C=O) groups is 1. The minimum atomic E-state index is -3.75. The topological polar surface area (TPSA) is 66.5 Å². The van der Waals surface area contributed by atoms with Crippen LogP contribution in [0.5, 0.6) is 0 Å². The van der Waals surface area contributed by atoms with Crippen LogP contribution in [0.2, 0.25) is 0 Å². The zero-order valence-electron chi connectivity index (χ0n) is 18.6. The molecular formula is C26H28N2O3S. The molecule has 32 heavy (non-hydrogen) atoms. The Kier molecular flexibility index (Phi) is 7.15. The molecule has 0 saturated carbocycles. The lowest BCUT2D eigenvalue weighted by Crippen LogP contribution is -2.31. The van der Waals surface area contributed by atoms with Crippen LogP contribution in [-0.2, 0) is 10.0 Å². The number of amides is 1. The SMILES string of the molecule is C=CCN(c1ccc(C(=O)N[C@H](C)c2cc(C)ccc2C)cc1)S(=O)(=O)c1ccccc1. The maximum Gasteiger partial charge on any atom is 0.264 e. The molecule has 166 valence electrons. The smallest absolute Gasteiger partial charge is 0.264 e. The van der Waals surface area contributed by atoms with Crippen molar-refractivity contribution in [2.75, 3.05) is 10.8 Å². The van der Waals surface area contributed by atoms with E-state index in [0.29, 0.717) is 11.3 Å². The van der Waals surface area contributed by atoms with Crippen LogP contribution in [0.15, 0.2) is 90.3 Å². The van der Waals surface area contributed by atoms with E-state index in [1.165, 1.54) is 10.4 Å². The molecule has 0 bridgehead atoms. The van der Waals surface area contributed by atoms with Crippen molar-refractivity contribution in [3.05, 3.63) is 108 Å². The van der Waals surface area contributed by atoms with Crippen LogP contribution < -0.4 is 9.62 Å². The summed E-state index contributed by atoms with van der Waals surface area (Å²) < 4.78 is 27.5. The summed E-state index contributed by atoms with van der Waals surface area (Å²) in [4.78, 5) is 13.0. The van der Waals surface area contributed by atoms with Gasteiger partial charge in [-0.25, -0.2) is 8.42 Å². The fourth-order valence-corrected chi connectivity index (χ4v) is 5.00. The lowest BCUT2D eigenvalue weighted by atomic mass is 9.99. The van der Waals surface area contributed by atoms with E-state index in [1.807, 2.05) is 32.9 Å². The average molecular weight is 449 g/mol. The first kappa shape index (κ1) is 23.3. The first-order valence-electron chi connectivity index (χ1n) is 10.4. The lowest BCUT2D eigenvalue weighted by Gasteiger charge is -2.23. The van der Waals surface area contributed by atoms with Crippen LogP contribution in [0.3, 0.4) is 0 Å². The maximum absolute atomic E-state index is 13.1. The first-order valence-corrected chi connectivity index (χ1v) is 11.8. The quantitative estimate of drug-likeness (QED) is 0.483. The molecule has 5 nitrogen and oxygen atoms in total. The van der Waals surface area contributed by atoms with Gasteiger partial charge in [-0.3, -0.25) is 9.10 Å². The van der Waals surface area contributed by atoms with Crippen molar-refractivity contribution in [3.8, 4) is 0 Å². The summed E-state index contributed by atoms with van der Waals surface area (Å²) in [6.45, 7) is 9.80. The van der Waals surface area contributed by atoms with Crippen molar-refractivity contribution in [2.24, 2.45) is 0 Å². The highest BCUT2D eigenvalue weighted by Gasteiger charge is 2.24. The molecule has 0 aliphatic rings. The van der Waals surface area contributed by atoms with E-state index in [-0.39, 0.29) is 23.4 Å². The second-order valence-corrected chi connectivity index (χ2v) is 9.60. The fourth-order valence-electron chi connectivity index (χ4n) is 3.54. The van der Waals surface area contributed by atoms with Gasteiger partial charge in [-0.05, 0) is 68.3 Å². The zero-order valence-corrected chi connectivity index (χ0v) is 19.4. The number of rotatable bonds is 8. The van der Waals surface area contributed by atoms with E-state index in [2.05, 4.69) is 18.0 Å². The second-order valence-electron chi connectivity index (χ2n) is 7.74. The number of hydrogen-bond acceptors (Lipinski definition) is 3. The average Bonchev–Trinajstić information content (AvgIpc) is 2.79. The van der Waals surface area contributed by atoms with Crippen molar-refractivity contribution in [2.45, 2.75) is 31.7 Å². The normalized spacial score (nSPS) is 12.1. The maximum atomic E-state index is 13.1. The standard InChI is InChI=1S/C26H28N2O3S/c1-5-17-28(32(30,31)24-9-7-6-8-10-24)23-15-13-22(14-16-23)26(29)27-21(4)25-18-19(2)11-12-20(25)3/h5-16,18,21H,1,17H2,2-4H3,(H,27,29)/t21-/m1/s1. The second kappa shape index (κ2) is 9.83. The highest BCUT2D eigenvalue weighted by Crippen LogP contribution is 2.25. The summed E-state index contributed by atoms with van der Waals surface area (Å²) in [5.41, 5.74) is 4.25. The van der Waals surface area contributed by atoms with E-state index in [9.17, 15) is 13.2 Å². The summed E-state index contributed by atoms with van der Waals surface area (Å²) in [6.07, 6.45) is 1.53. The molecule has 1 amide bonds. The summed E-state index contributed by atoms with van der Waals surface area (Å²) >= 11 is 0. The van der Waals surface area contributed by atoms with Gasteiger partial charge in [0.05, 0.1) is 23.2 Å². The van der Waals surface area contributed by atoms with E-state index in [4.69, 9.17) is 0 Å². The number of nitrogens with zero attached hydrogens (tertiary/aromatic N) is 1. The molecule has 0 spiro atoms. The third-order valence-corrected chi connectivity index (χ3v) is 7.10. The molecule has 0 fully saturated rings. The molecule has 0 aromatic heterocycles. The van der Waals surface area contributed by atoms with Crippen molar-refractivity contribution < 1.29 is 13.2 Å². The summed E-state index contributed by atoms with van der Waals surface area (Å²) in [6, 6.07) is 20.8. The third-order valence-electron chi connectivity index (χ3n) is 5.29. The summed E-state index contributed by atoms with van der Waals surface area (Å²) in [5, 5.41) is 3.02. The van der Waals surface area contributed by atoms with Gasteiger partial charge in [-0.15, -0.1) is 6.58 Å². The van der Waals surface area contributed by atoms with E-state index < -0.39 is 10.0 Å². The zero-order chi connectivity index (χ0) is 23.3. The number of benzene rings is 3. The van der Waals surface area contributed by atoms with Gasteiger partial charge in [0.25, 0.3) is 15.9 Å². The van der Waals surface area contributed by atoms with Crippen LogP contribution in [0, 0.1) is 13.8 Å². The van der Waals surface area contributed by atoms with Crippen molar-refractivity contribution in [1.82, 2.24) is 5.32 Å². The Balaban J connectivity index is 1.81. The van der Waals surface area contributed by atoms with Gasteiger partial charge in [0.1, 0.15) is 0 Å². The number of carbonyl (C=O) groups excluding carboxylic acids is 1. The molecule has 6 heteroatoms.